The molecule has 1 fully saturated rings. The summed E-state index contributed by atoms with van der Waals surface area (Å²) >= 11 is 0. The van der Waals surface area contributed by atoms with Crippen molar-refractivity contribution in [3.63, 3.8) is 0 Å². The van der Waals surface area contributed by atoms with Gasteiger partial charge in [0.05, 0.1) is 6.04 Å². The Labute approximate surface area is 83.9 Å². The van der Waals surface area contributed by atoms with Gasteiger partial charge in [-0.2, -0.15) is 4.98 Å². The number of nitrogens with zero attached hydrogens (tertiary/aromatic N) is 2. The minimum absolute atomic E-state index is 0.0877. The smallest absolute Gasteiger partial charge is 0.243 e. The Morgan fingerprint density at radius 3 is 2.93 bits per heavy atom. The summed E-state index contributed by atoms with van der Waals surface area (Å²) in [4.78, 5) is 4.34. The monoisotopic (exact) mass is 195 g/mol. The molecule has 2 rings (SSSR count). The quantitative estimate of drug-likeness (QED) is 0.798. The van der Waals surface area contributed by atoms with Crippen molar-refractivity contribution in [2.24, 2.45) is 11.7 Å². The zero-order valence-corrected chi connectivity index (χ0v) is 8.73. The Kier molecular flexibility index (Phi) is 2.54. The fraction of sp³-hybridized carbons (Fsp3) is 0.800. The van der Waals surface area contributed by atoms with Gasteiger partial charge >= 0.3 is 0 Å². The van der Waals surface area contributed by atoms with Gasteiger partial charge in [-0.3, -0.25) is 0 Å². The molecule has 78 valence electrons. The zero-order valence-electron chi connectivity index (χ0n) is 8.73. The van der Waals surface area contributed by atoms with Crippen LogP contribution in [0.15, 0.2) is 4.52 Å². The molecule has 0 amide bonds. The molecule has 1 aromatic rings. The van der Waals surface area contributed by atoms with E-state index in [0.717, 1.165) is 18.7 Å². The highest BCUT2D eigenvalue weighted by Gasteiger charge is 2.38. The number of hydrogen-bond acceptors (Lipinski definition) is 4. The number of nitrogens with two attached hydrogens (primary N) is 1. The highest BCUT2D eigenvalue weighted by molar-refractivity contribution is 5.08. The summed E-state index contributed by atoms with van der Waals surface area (Å²) in [5, 5.41) is 3.97. The first-order chi connectivity index (χ1) is 6.72. The Hall–Kier alpha value is -0.900. The molecule has 1 heterocycles. The van der Waals surface area contributed by atoms with Crippen LogP contribution in [0.1, 0.15) is 56.8 Å². The molecule has 3 atom stereocenters. The predicted molar refractivity (Wildman–Crippen MR) is 52.7 cm³/mol. The molecule has 1 saturated carbocycles. The van der Waals surface area contributed by atoms with Crippen molar-refractivity contribution in [3.8, 4) is 0 Å². The van der Waals surface area contributed by atoms with Crippen molar-refractivity contribution in [2.75, 3.05) is 0 Å². The first-order valence-electron chi connectivity index (χ1n) is 5.31. The van der Waals surface area contributed by atoms with Gasteiger partial charge in [-0.25, -0.2) is 0 Å². The lowest BCUT2D eigenvalue weighted by molar-refractivity contribution is 0.344. The second kappa shape index (κ2) is 3.69. The molecule has 0 aliphatic heterocycles. The van der Waals surface area contributed by atoms with E-state index in [2.05, 4.69) is 24.0 Å². The summed E-state index contributed by atoms with van der Waals surface area (Å²) in [7, 11) is 0. The highest BCUT2D eigenvalue weighted by Crippen LogP contribution is 2.45. The average molecular weight is 195 g/mol. The van der Waals surface area contributed by atoms with Gasteiger partial charge in [0.2, 0.25) is 5.89 Å². The third-order valence-corrected chi connectivity index (χ3v) is 2.82. The molecule has 1 aliphatic carbocycles. The summed E-state index contributed by atoms with van der Waals surface area (Å²) in [6.07, 6.45) is 3.13. The lowest BCUT2D eigenvalue weighted by Gasteiger charge is -2.01. The molecule has 14 heavy (non-hydrogen) atoms. The van der Waals surface area contributed by atoms with E-state index in [0.29, 0.717) is 17.7 Å². The van der Waals surface area contributed by atoms with E-state index in [1.54, 1.807) is 0 Å². The van der Waals surface area contributed by atoms with E-state index >= 15 is 0 Å². The standard InChI is InChI=1S/C10H17N3O/c1-3-4-8(11)10-12-9(13-14-10)7-5-6(7)2/h6-8H,3-5,11H2,1-2H3. The summed E-state index contributed by atoms with van der Waals surface area (Å²) in [6.45, 7) is 4.30. The topological polar surface area (TPSA) is 64.9 Å². The van der Waals surface area contributed by atoms with Gasteiger partial charge < -0.3 is 10.3 Å². The highest BCUT2D eigenvalue weighted by atomic mass is 16.5. The fourth-order valence-corrected chi connectivity index (χ4v) is 1.66. The van der Waals surface area contributed by atoms with Gasteiger partial charge in [0.15, 0.2) is 5.82 Å². The average Bonchev–Trinajstić information content (AvgIpc) is 2.70. The van der Waals surface area contributed by atoms with Gasteiger partial charge in [0.25, 0.3) is 0 Å². The first kappa shape index (κ1) is 9.65. The molecule has 4 heteroatoms. The molecule has 1 aromatic heterocycles. The molecule has 0 saturated heterocycles. The van der Waals surface area contributed by atoms with Crippen LogP contribution in [0, 0.1) is 5.92 Å². The van der Waals surface area contributed by atoms with Gasteiger partial charge in [-0.1, -0.05) is 25.4 Å². The van der Waals surface area contributed by atoms with Gasteiger partial charge in [0.1, 0.15) is 0 Å². The Balaban J connectivity index is 2.02. The SMILES string of the molecule is CCCC(N)c1nc(C2CC2C)no1. The molecule has 0 spiro atoms. The molecular weight excluding hydrogens is 178 g/mol. The van der Waals surface area contributed by atoms with Crippen LogP contribution < -0.4 is 5.73 Å². The maximum Gasteiger partial charge on any atom is 0.243 e. The number of aromatic nitrogens is 2. The predicted octanol–water partition coefficient (Wildman–Crippen LogP) is 1.99. The maximum absolute atomic E-state index is 5.88. The molecule has 0 radical (unpaired) electrons. The van der Waals surface area contributed by atoms with E-state index in [1.807, 2.05) is 0 Å². The molecule has 4 nitrogen and oxygen atoms in total. The van der Waals surface area contributed by atoms with Crippen LogP contribution in [0.4, 0.5) is 0 Å². The second-order valence-corrected chi connectivity index (χ2v) is 4.21. The van der Waals surface area contributed by atoms with Crippen molar-refractivity contribution >= 4 is 0 Å². The van der Waals surface area contributed by atoms with Crippen molar-refractivity contribution < 1.29 is 4.52 Å². The summed E-state index contributed by atoms with van der Waals surface area (Å²) in [5.41, 5.74) is 5.88. The van der Waals surface area contributed by atoms with Crippen LogP contribution >= 0.6 is 0 Å². The summed E-state index contributed by atoms with van der Waals surface area (Å²) < 4.78 is 5.14. The van der Waals surface area contributed by atoms with E-state index < -0.39 is 0 Å². The lowest BCUT2D eigenvalue weighted by atomic mass is 10.2. The first-order valence-corrected chi connectivity index (χ1v) is 5.31. The lowest BCUT2D eigenvalue weighted by Crippen LogP contribution is -2.10. The normalized spacial score (nSPS) is 27.6. The Bertz CT molecular complexity index is 310. The minimum Gasteiger partial charge on any atom is -0.338 e. The van der Waals surface area contributed by atoms with Crippen molar-refractivity contribution in [1.82, 2.24) is 10.1 Å². The van der Waals surface area contributed by atoms with Crippen LogP contribution in [0.3, 0.4) is 0 Å². The number of rotatable bonds is 4. The Morgan fingerprint density at radius 2 is 2.36 bits per heavy atom. The molecule has 1 aliphatic rings. The Morgan fingerprint density at radius 1 is 1.64 bits per heavy atom. The van der Waals surface area contributed by atoms with Crippen molar-refractivity contribution in [1.29, 1.82) is 0 Å². The van der Waals surface area contributed by atoms with Gasteiger partial charge in [0, 0.05) is 5.92 Å². The van der Waals surface area contributed by atoms with E-state index in [1.165, 1.54) is 6.42 Å². The third-order valence-electron chi connectivity index (χ3n) is 2.82. The van der Waals surface area contributed by atoms with E-state index in [-0.39, 0.29) is 6.04 Å². The van der Waals surface area contributed by atoms with Gasteiger partial charge in [-0.15, -0.1) is 0 Å². The molecule has 3 unspecified atom stereocenters. The van der Waals surface area contributed by atoms with Crippen LogP contribution in [0.5, 0.6) is 0 Å². The van der Waals surface area contributed by atoms with Crippen LogP contribution in [-0.4, -0.2) is 10.1 Å². The largest absolute Gasteiger partial charge is 0.338 e. The van der Waals surface area contributed by atoms with Crippen molar-refractivity contribution in [2.45, 2.75) is 45.1 Å². The number of hydrogen-bond donors (Lipinski definition) is 1. The van der Waals surface area contributed by atoms with Crippen molar-refractivity contribution in [3.05, 3.63) is 11.7 Å². The molecular formula is C10H17N3O. The van der Waals surface area contributed by atoms with Crippen LogP contribution in [-0.2, 0) is 0 Å². The maximum atomic E-state index is 5.88. The molecule has 2 N–H and O–H groups in total. The van der Waals surface area contributed by atoms with E-state index in [4.69, 9.17) is 10.3 Å². The molecule has 0 bridgehead atoms. The summed E-state index contributed by atoms with van der Waals surface area (Å²) in [6, 6.07) is -0.0877. The van der Waals surface area contributed by atoms with Crippen LogP contribution in [0.25, 0.3) is 0 Å². The fourth-order valence-electron chi connectivity index (χ4n) is 1.66. The van der Waals surface area contributed by atoms with Gasteiger partial charge in [-0.05, 0) is 18.8 Å². The third kappa shape index (κ3) is 1.80. The zero-order chi connectivity index (χ0) is 10.1. The minimum atomic E-state index is -0.0877. The van der Waals surface area contributed by atoms with Crippen LogP contribution in [0.2, 0.25) is 0 Å². The second-order valence-electron chi connectivity index (χ2n) is 4.21. The summed E-state index contributed by atoms with van der Waals surface area (Å²) in [5.74, 6) is 2.67. The molecule has 0 aromatic carbocycles. The van der Waals surface area contributed by atoms with E-state index in [9.17, 15) is 0 Å².